The number of hydrogen-bond acceptors (Lipinski definition) is 5. The van der Waals surface area contributed by atoms with Crippen LogP contribution in [0.2, 0.25) is 0 Å². The number of fused-ring (bicyclic) bond motifs is 1. The molecule has 0 saturated carbocycles. The number of ether oxygens (including phenoxy) is 1. The number of aliphatic imine (C=N–C) groups is 1. The Bertz CT molecular complexity index is 792. The second-order valence-electron chi connectivity index (χ2n) is 6.11. The van der Waals surface area contributed by atoms with Crippen molar-refractivity contribution in [2.75, 3.05) is 23.0 Å². The van der Waals surface area contributed by atoms with Crippen LogP contribution in [0.5, 0.6) is 5.75 Å². The van der Waals surface area contributed by atoms with Gasteiger partial charge in [0.2, 0.25) is 5.91 Å². The molecule has 2 unspecified atom stereocenters. The Morgan fingerprint density at radius 1 is 1.32 bits per heavy atom. The van der Waals surface area contributed by atoms with E-state index in [2.05, 4.69) is 4.99 Å². The van der Waals surface area contributed by atoms with Crippen LogP contribution < -0.4 is 9.64 Å². The molecule has 2 aliphatic rings. The van der Waals surface area contributed by atoms with Gasteiger partial charge in [0.15, 0.2) is 15.0 Å². The third-order valence-electron chi connectivity index (χ3n) is 4.18. The first-order valence-corrected chi connectivity index (χ1v) is 11.1. The van der Waals surface area contributed by atoms with E-state index in [1.807, 2.05) is 43.0 Å². The fraction of sp³-hybridized carbons (Fsp3) is 0.529. The molecular weight excluding hydrogens is 360 g/mol. The second kappa shape index (κ2) is 7.37. The van der Waals surface area contributed by atoms with Crippen molar-refractivity contribution in [2.45, 2.75) is 38.0 Å². The topological polar surface area (TPSA) is 76.0 Å². The van der Waals surface area contributed by atoms with Gasteiger partial charge >= 0.3 is 0 Å². The van der Waals surface area contributed by atoms with E-state index in [1.165, 1.54) is 11.8 Å². The first-order valence-electron chi connectivity index (χ1n) is 8.45. The van der Waals surface area contributed by atoms with Gasteiger partial charge in [0, 0.05) is 11.7 Å². The number of rotatable bonds is 5. The normalized spacial score (nSPS) is 26.0. The van der Waals surface area contributed by atoms with Crippen molar-refractivity contribution < 1.29 is 17.9 Å². The Morgan fingerprint density at radius 3 is 2.80 bits per heavy atom. The quantitative estimate of drug-likeness (QED) is 0.779. The molecule has 0 aliphatic carbocycles. The molecule has 1 aromatic carbocycles. The summed E-state index contributed by atoms with van der Waals surface area (Å²) in [5.74, 6) is 0.695. The van der Waals surface area contributed by atoms with Crippen molar-refractivity contribution in [2.24, 2.45) is 4.99 Å². The number of amides is 1. The molecule has 1 amide bonds. The van der Waals surface area contributed by atoms with Crippen LogP contribution in [0.15, 0.2) is 29.3 Å². The standard InChI is InChI=1S/C17H22N2O4S2/c1-3-7-16(20)18-17-19(12-8-5-6-9-14(12)23-4-2)13-10-25(21,22)11-15(13)24-17/h5-6,8-9,13,15H,3-4,7,10-11H2,1-2H3. The van der Waals surface area contributed by atoms with Crippen molar-refractivity contribution in [3.8, 4) is 5.75 Å². The summed E-state index contributed by atoms with van der Waals surface area (Å²) in [5, 5.41) is 0.475. The molecule has 25 heavy (non-hydrogen) atoms. The summed E-state index contributed by atoms with van der Waals surface area (Å²) < 4.78 is 29.9. The average Bonchev–Trinajstić information content (AvgIpc) is 2.99. The molecule has 0 N–H and O–H groups in total. The molecule has 2 aliphatic heterocycles. The maximum atomic E-state index is 12.1. The Hall–Kier alpha value is -1.54. The lowest BCUT2D eigenvalue weighted by Gasteiger charge is -2.26. The van der Waals surface area contributed by atoms with Crippen molar-refractivity contribution in [1.29, 1.82) is 0 Å². The predicted octanol–water partition coefficient (Wildman–Crippen LogP) is 2.49. The number of amidine groups is 1. The Balaban J connectivity index is 2.02. The maximum Gasteiger partial charge on any atom is 0.248 e. The van der Waals surface area contributed by atoms with Gasteiger partial charge < -0.3 is 9.64 Å². The van der Waals surface area contributed by atoms with Crippen LogP contribution >= 0.6 is 11.8 Å². The van der Waals surface area contributed by atoms with Gasteiger partial charge in [-0.1, -0.05) is 30.8 Å². The SMILES string of the molecule is CCCC(=O)N=C1SC2CS(=O)(=O)CC2N1c1ccccc1OCC. The number of anilines is 1. The summed E-state index contributed by atoms with van der Waals surface area (Å²) in [4.78, 5) is 18.2. The molecule has 3 rings (SSSR count). The van der Waals surface area contributed by atoms with Crippen molar-refractivity contribution >= 4 is 38.4 Å². The molecule has 6 nitrogen and oxygen atoms in total. The molecule has 1 aromatic rings. The van der Waals surface area contributed by atoms with E-state index in [4.69, 9.17) is 4.74 Å². The van der Waals surface area contributed by atoms with Crippen LogP contribution in [-0.2, 0) is 14.6 Å². The molecule has 0 bridgehead atoms. The largest absolute Gasteiger partial charge is 0.492 e. The predicted molar refractivity (Wildman–Crippen MR) is 101 cm³/mol. The van der Waals surface area contributed by atoms with E-state index in [0.717, 1.165) is 12.1 Å². The summed E-state index contributed by atoms with van der Waals surface area (Å²) in [6.07, 6.45) is 1.12. The average molecular weight is 383 g/mol. The highest BCUT2D eigenvalue weighted by Gasteiger charge is 2.49. The van der Waals surface area contributed by atoms with Crippen molar-refractivity contribution in [3.63, 3.8) is 0 Å². The number of benzene rings is 1. The van der Waals surface area contributed by atoms with Gasteiger partial charge in [-0.15, -0.1) is 0 Å². The third kappa shape index (κ3) is 3.84. The highest BCUT2D eigenvalue weighted by molar-refractivity contribution is 8.16. The first-order chi connectivity index (χ1) is 11.9. The van der Waals surface area contributed by atoms with Gasteiger partial charge in [0.05, 0.1) is 29.8 Å². The van der Waals surface area contributed by atoms with Gasteiger partial charge in [-0.05, 0) is 25.5 Å². The molecule has 0 aromatic heterocycles. The van der Waals surface area contributed by atoms with E-state index in [0.29, 0.717) is 23.9 Å². The van der Waals surface area contributed by atoms with Crippen LogP contribution in [0.25, 0.3) is 0 Å². The summed E-state index contributed by atoms with van der Waals surface area (Å²) in [5.41, 5.74) is 0.768. The lowest BCUT2D eigenvalue weighted by molar-refractivity contribution is -0.117. The molecule has 8 heteroatoms. The lowest BCUT2D eigenvalue weighted by Crippen LogP contribution is -2.38. The zero-order valence-electron chi connectivity index (χ0n) is 14.3. The minimum Gasteiger partial charge on any atom is -0.492 e. The molecule has 2 heterocycles. The highest BCUT2D eigenvalue weighted by Crippen LogP contribution is 2.43. The molecular formula is C17H22N2O4S2. The monoisotopic (exact) mass is 382 g/mol. The minimum absolute atomic E-state index is 0.0755. The highest BCUT2D eigenvalue weighted by atomic mass is 32.2. The van der Waals surface area contributed by atoms with Crippen LogP contribution in [0.4, 0.5) is 5.69 Å². The molecule has 0 radical (unpaired) electrons. The number of carbonyl (C=O) groups excluding carboxylic acids is 1. The van der Waals surface area contributed by atoms with Crippen LogP contribution in [0, 0.1) is 0 Å². The number of para-hydroxylation sites is 2. The van der Waals surface area contributed by atoms with Crippen LogP contribution in [0.1, 0.15) is 26.7 Å². The molecule has 0 spiro atoms. The summed E-state index contributed by atoms with van der Waals surface area (Å²) >= 11 is 1.39. The van der Waals surface area contributed by atoms with E-state index < -0.39 is 9.84 Å². The number of sulfone groups is 1. The van der Waals surface area contributed by atoms with Crippen LogP contribution in [0.3, 0.4) is 0 Å². The Kier molecular flexibility index (Phi) is 5.38. The van der Waals surface area contributed by atoms with Gasteiger partial charge in [0.25, 0.3) is 0 Å². The second-order valence-corrected chi connectivity index (χ2v) is 9.47. The Morgan fingerprint density at radius 2 is 2.08 bits per heavy atom. The van der Waals surface area contributed by atoms with Crippen molar-refractivity contribution in [3.05, 3.63) is 24.3 Å². The summed E-state index contributed by atoms with van der Waals surface area (Å²) in [7, 11) is -3.08. The smallest absolute Gasteiger partial charge is 0.248 e. The Labute approximate surface area is 152 Å². The zero-order chi connectivity index (χ0) is 18.0. The summed E-state index contributed by atoms with van der Waals surface area (Å²) in [6.45, 7) is 4.34. The first kappa shape index (κ1) is 18.3. The number of thioether (sulfide) groups is 1. The molecule has 2 atom stereocenters. The van der Waals surface area contributed by atoms with E-state index in [9.17, 15) is 13.2 Å². The fourth-order valence-electron chi connectivity index (χ4n) is 3.16. The summed E-state index contributed by atoms with van der Waals surface area (Å²) in [6, 6.07) is 7.28. The number of hydrogen-bond donors (Lipinski definition) is 0. The minimum atomic E-state index is -3.08. The fourth-order valence-corrected chi connectivity index (χ4v) is 7.08. The van der Waals surface area contributed by atoms with Gasteiger partial charge in [-0.3, -0.25) is 4.79 Å². The van der Waals surface area contributed by atoms with E-state index in [1.54, 1.807) is 0 Å². The van der Waals surface area contributed by atoms with Crippen LogP contribution in [-0.4, -0.2) is 48.9 Å². The third-order valence-corrected chi connectivity index (χ3v) is 7.39. The van der Waals surface area contributed by atoms with Gasteiger partial charge in [0.1, 0.15) is 5.75 Å². The molecule has 136 valence electrons. The maximum absolute atomic E-state index is 12.1. The molecule has 2 fully saturated rings. The van der Waals surface area contributed by atoms with E-state index >= 15 is 0 Å². The number of carbonyl (C=O) groups is 1. The van der Waals surface area contributed by atoms with Gasteiger partial charge in [-0.25, -0.2) is 8.42 Å². The number of nitrogens with zero attached hydrogens (tertiary/aromatic N) is 2. The van der Waals surface area contributed by atoms with Crippen molar-refractivity contribution in [1.82, 2.24) is 0 Å². The lowest BCUT2D eigenvalue weighted by atomic mass is 10.2. The molecule has 2 saturated heterocycles. The van der Waals surface area contributed by atoms with E-state index in [-0.39, 0.29) is 28.7 Å². The van der Waals surface area contributed by atoms with Gasteiger partial charge in [-0.2, -0.15) is 4.99 Å². The zero-order valence-corrected chi connectivity index (χ0v) is 16.0.